The average molecular weight is 294 g/mol. The third kappa shape index (κ3) is 4.56. The van der Waals surface area contributed by atoms with Gasteiger partial charge in [-0.25, -0.2) is 0 Å². The fourth-order valence-electron chi connectivity index (χ4n) is 1.82. The summed E-state index contributed by atoms with van der Waals surface area (Å²) in [5.74, 6) is 5.69. The first kappa shape index (κ1) is 16.6. The summed E-state index contributed by atoms with van der Waals surface area (Å²) in [6.07, 6.45) is 1.34. The topological polar surface area (TPSA) is 40.5 Å². The molecule has 0 atom stereocenters. The largest absolute Gasteiger partial charge is 0.395 e. The first-order chi connectivity index (χ1) is 9.63. The number of rotatable bonds is 5. The first-order valence-electron chi connectivity index (χ1n) is 6.82. The van der Waals surface area contributed by atoms with E-state index in [1.807, 2.05) is 13.8 Å². The molecule has 1 N–H and O–H groups in total. The van der Waals surface area contributed by atoms with Crippen molar-refractivity contribution in [2.45, 2.75) is 26.7 Å². The van der Waals surface area contributed by atoms with Crippen LogP contribution in [0.5, 0.6) is 0 Å². The zero-order valence-electron chi connectivity index (χ0n) is 11.9. The van der Waals surface area contributed by atoms with E-state index in [1.165, 1.54) is 0 Å². The summed E-state index contributed by atoms with van der Waals surface area (Å²) in [5, 5.41) is 9.15. The molecule has 1 aromatic rings. The van der Waals surface area contributed by atoms with Crippen LogP contribution in [0.3, 0.4) is 0 Å². The van der Waals surface area contributed by atoms with E-state index in [4.69, 9.17) is 16.7 Å². The number of aliphatic hydroxyl groups is 1. The third-order valence-corrected chi connectivity index (χ3v) is 3.15. The number of aliphatic hydroxyl groups excluding tert-OH is 1. The van der Waals surface area contributed by atoms with Crippen molar-refractivity contribution in [3.63, 3.8) is 0 Å². The number of hydrogen-bond donors (Lipinski definition) is 1. The fraction of sp³-hybridized carbons (Fsp3) is 0.438. The monoisotopic (exact) mass is 293 g/mol. The molecule has 0 saturated carbocycles. The quantitative estimate of drug-likeness (QED) is 0.848. The number of amides is 1. The lowest BCUT2D eigenvalue weighted by atomic mass is 10.1. The van der Waals surface area contributed by atoms with Crippen molar-refractivity contribution in [1.29, 1.82) is 0 Å². The highest BCUT2D eigenvalue weighted by Crippen LogP contribution is 2.18. The van der Waals surface area contributed by atoms with Gasteiger partial charge >= 0.3 is 0 Å². The second-order valence-electron chi connectivity index (χ2n) is 4.35. The summed E-state index contributed by atoms with van der Waals surface area (Å²) >= 11 is 6.14. The molecule has 0 aliphatic carbocycles. The molecule has 1 rings (SSSR count). The molecule has 0 radical (unpaired) electrons. The van der Waals surface area contributed by atoms with Gasteiger partial charge in [-0.05, 0) is 31.5 Å². The molecule has 20 heavy (non-hydrogen) atoms. The van der Waals surface area contributed by atoms with Crippen LogP contribution < -0.4 is 0 Å². The minimum Gasteiger partial charge on any atom is -0.395 e. The lowest BCUT2D eigenvalue weighted by Crippen LogP contribution is -2.31. The van der Waals surface area contributed by atoms with Crippen molar-refractivity contribution in [2.24, 2.45) is 0 Å². The summed E-state index contributed by atoms with van der Waals surface area (Å²) in [6.45, 7) is 5.46. The molecule has 108 valence electrons. The zero-order valence-corrected chi connectivity index (χ0v) is 12.7. The lowest BCUT2D eigenvalue weighted by Gasteiger charge is -2.20. The number of halogens is 1. The van der Waals surface area contributed by atoms with Crippen LogP contribution in [0.2, 0.25) is 5.02 Å². The van der Waals surface area contributed by atoms with Crippen LogP contribution in [0.4, 0.5) is 0 Å². The van der Waals surface area contributed by atoms with Crippen molar-refractivity contribution in [3.05, 3.63) is 34.3 Å². The van der Waals surface area contributed by atoms with Crippen LogP contribution >= 0.6 is 11.6 Å². The van der Waals surface area contributed by atoms with E-state index in [0.717, 1.165) is 13.0 Å². The van der Waals surface area contributed by atoms with Crippen molar-refractivity contribution in [3.8, 4) is 11.8 Å². The number of benzene rings is 1. The van der Waals surface area contributed by atoms with Gasteiger partial charge in [0.05, 0.1) is 11.6 Å². The molecule has 0 heterocycles. The summed E-state index contributed by atoms with van der Waals surface area (Å²) in [4.78, 5) is 14.1. The predicted molar refractivity (Wildman–Crippen MR) is 81.9 cm³/mol. The van der Waals surface area contributed by atoms with Crippen LogP contribution in [0.25, 0.3) is 0 Å². The van der Waals surface area contributed by atoms with Gasteiger partial charge in [0.25, 0.3) is 5.91 Å². The van der Waals surface area contributed by atoms with Crippen LogP contribution in [-0.4, -0.2) is 35.6 Å². The molecule has 0 aliphatic heterocycles. The molecular formula is C16H20ClNO2. The molecule has 3 nitrogen and oxygen atoms in total. The minimum absolute atomic E-state index is 0.00822. The molecule has 4 heteroatoms. The van der Waals surface area contributed by atoms with E-state index in [0.29, 0.717) is 29.1 Å². The van der Waals surface area contributed by atoms with Crippen molar-refractivity contribution in [1.82, 2.24) is 4.90 Å². The van der Waals surface area contributed by atoms with E-state index in [-0.39, 0.29) is 12.5 Å². The number of hydrogen-bond acceptors (Lipinski definition) is 2. The van der Waals surface area contributed by atoms with E-state index < -0.39 is 0 Å². The predicted octanol–water partition coefficient (Wildman–Crippen LogP) is 2.95. The Kier molecular flexibility index (Phi) is 7.14. The standard InChI is InChI=1S/C16H20ClNO2/c1-3-10-18(4-2)16(20)14-9-8-13(15(17)12-14)7-5-6-11-19/h8-9,12,19H,3-4,6,10-11H2,1-2H3. The van der Waals surface area contributed by atoms with E-state index >= 15 is 0 Å². The number of nitrogens with zero attached hydrogens (tertiary/aromatic N) is 1. The zero-order chi connectivity index (χ0) is 15.0. The Labute approximate surface area is 125 Å². The van der Waals surface area contributed by atoms with Gasteiger partial charge < -0.3 is 10.0 Å². The molecule has 0 saturated heterocycles. The fourth-order valence-corrected chi connectivity index (χ4v) is 2.05. The van der Waals surface area contributed by atoms with Crippen molar-refractivity contribution in [2.75, 3.05) is 19.7 Å². The highest BCUT2D eigenvalue weighted by Gasteiger charge is 2.14. The SMILES string of the molecule is CCCN(CC)C(=O)c1ccc(C#CCCO)c(Cl)c1. The molecule has 0 aromatic heterocycles. The molecule has 1 amide bonds. The molecule has 0 unspecified atom stereocenters. The smallest absolute Gasteiger partial charge is 0.253 e. The second kappa shape index (κ2) is 8.63. The van der Waals surface area contributed by atoms with E-state index in [9.17, 15) is 4.79 Å². The molecule has 0 spiro atoms. The van der Waals surface area contributed by atoms with E-state index in [1.54, 1.807) is 23.1 Å². The van der Waals surface area contributed by atoms with Gasteiger partial charge in [0.1, 0.15) is 0 Å². The third-order valence-electron chi connectivity index (χ3n) is 2.84. The Bertz CT molecular complexity index is 517. The van der Waals surface area contributed by atoms with Gasteiger partial charge in [-0.2, -0.15) is 0 Å². The van der Waals surface area contributed by atoms with Crippen LogP contribution in [0.1, 0.15) is 42.6 Å². The minimum atomic E-state index is -0.00822. The van der Waals surface area contributed by atoms with Gasteiger partial charge in [-0.1, -0.05) is 30.4 Å². The van der Waals surface area contributed by atoms with Crippen molar-refractivity contribution < 1.29 is 9.90 Å². The molecule has 0 bridgehead atoms. The second-order valence-corrected chi connectivity index (χ2v) is 4.76. The Morgan fingerprint density at radius 3 is 2.70 bits per heavy atom. The number of carbonyl (C=O) groups excluding carboxylic acids is 1. The van der Waals surface area contributed by atoms with Gasteiger partial charge in [0.15, 0.2) is 0 Å². The average Bonchev–Trinajstić information content (AvgIpc) is 2.46. The van der Waals surface area contributed by atoms with Crippen LogP contribution in [0.15, 0.2) is 18.2 Å². The highest BCUT2D eigenvalue weighted by atomic mass is 35.5. The van der Waals surface area contributed by atoms with Gasteiger partial charge in [-0.3, -0.25) is 4.79 Å². The maximum atomic E-state index is 12.3. The Balaban J connectivity index is 2.92. The summed E-state index contributed by atoms with van der Waals surface area (Å²) < 4.78 is 0. The molecule has 0 aliphatic rings. The maximum absolute atomic E-state index is 12.3. The first-order valence-corrected chi connectivity index (χ1v) is 7.20. The normalized spacial score (nSPS) is 9.80. The van der Waals surface area contributed by atoms with Crippen molar-refractivity contribution >= 4 is 17.5 Å². The molecular weight excluding hydrogens is 274 g/mol. The van der Waals surface area contributed by atoms with E-state index in [2.05, 4.69) is 11.8 Å². The van der Waals surface area contributed by atoms with Crippen LogP contribution in [-0.2, 0) is 0 Å². The van der Waals surface area contributed by atoms with Gasteiger partial charge in [-0.15, -0.1) is 0 Å². The molecule has 1 aromatic carbocycles. The Morgan fingerprint density at radius 1 is 1.40 bits per heavy atom. The Hall–Kier alpha value is -1.50. The highest BCUT2D eigenvalue weighted by molar-refractivity contribution is 6.32. The van der Waals surface area contributed by atoms with Gasteiger partial charge in [0, 0.05) is 30.6 Å². The maximum Gasteiger partial charge on any atom is 0.253 e. The molecule has 0 fully saturated rings. The summed E-state index contributed by atoms with van der Waals surface area (Å²) in [5.41, 5.74) is 1.26. The lowest BCUT2D eigenvalue weighted by molar-refractivity contribution is 0.0764. The summed E-state index contributed by atoms with van der Waals surface area (Å²) in [7, 11) is 0. The number of carbonyl (C=O) groups is 1. The summed E-state index contributed by atoms with van der Waals surface area (Å²) in [6, 6.07) is 5.15. The van der Waals surface area contributed by atoms with Gasteiger partial charge in [0.2, 0.25) is 0 Å². The van der Waals surface area contributed by atoms with Crippen LogP contribution in [0, 0.1) is 11.8 Å². The Morgan fingerprint density at radius 2 is 2.15 bits per heavy atom.